The van der Waals surface area contributed by atoms with Crippen molar-refractivity contribution in [2.45, 2.75) is 19.3 Å². The first-order valence-electron chi connectivity index (χ1n) is 7.54. The molecule has 0 aromatic carbocycles. The third kappa shape index (κ3) is 2.59. The molecule has 0 atom stereocenters. The number of pyridine rings is 2. The first-order chi connectivity index (χ1) is 10.8. The maximum Gasteiger partial charge on any atom is 0.180 e. The van der Waals surface area contributed by atoms with Crippen molar-refractivity contribution in [2.75, 3.05) is 18.0 Å². The quantitative estimate of drug-likeness (QED) is 0.709. The lowest BCUT2D eigenvalue weighted by Gasteiger charge is -2.27. The van der Waals surface area contributed by atoms with Crippen LogP contribution < -0.4 is 4.90 Å². The van der Waals surface area contributed by atoms with Gasteiger partial charge in [0.05, 0.1) is 5.52 Å². The van der Waals surface area contributed by atoms with Crippen LogP contribution in [0.1, 0.15) is 19.3 Å². The number of imidazole rings is 1. The lowest BCUT2D eigenvalue weighted by Crippen LogP contribution is -2.30. The molecule has 4 rings (SSSR count). The van der Waals surface area contributed by atoms with Crippen molar-refractivity contribution in [1.82, 2.24) is 19.9 Å². The highest BCUT2D eigenvalue weighted by molar-refractivity contribution is 9.10. The van der Waals surface area contributed by atoms with Gasteiger partial charge in [0, 0.05) is 13.1 Å². The molecule has 6 heteroatoms. The molecule has 1 fully saturated rings. The number of fused-ring (bicyclic) bond motifs is 1. The number of hydrogen-bond donors (Lipinski definition) is 1. The zero-order valence-electron chi connectivity index (χ0n) is 12.1. The van der Waals surface area contributed by atoms with Gasteiger partial charge in [0.1, 0.15) is 16.1 Å². The molecular formula is C16H16BrN5. The molecule has 0 spiro atoms. The van der Waals surface area contributed by atoms with Crippen LogP contribution in [0.15, 0.2) is 34.9 Å². The van der Waals surface area contributed by atoms with Crippen molar-refractivity contribution in [3.8, 4) is 11.5 Å². The second-order valence-corrected chi connectivity index (χ2v) is 6.33. The molecule has 112 valence electrons. The number of rotatable bonds is 2. The van der Waals surface area contributed by atoms with E-state index >= 15 is 0 Å². The Kier molecular flexibility index (Phi) is 3.54. The van der Waals surface area contributed by atoms with Gasteiger partial charge in [0.25, 0.3) is 0 Å². The summed E-state index contributed by atoms with van der Waals surface area (Å²) in [6, 6.07) is 9.92. The average Bonchev–Trinajstić information content (AvgIpc) is 2.99. The second-order valence-electron chi connectivity index (χ2n) is 5.52. The molecule has 3 aromatic heterocycles. The minimum Gasteiger partial charge on any atom is -0.357 e. The summed E-state index contributed by atoms with van der Waals surface area (Å²) in [5, 5.41) is 0. The van der Waals surface area contributed by atoms with Crippen molar-refractivity contribution >= 4 is 32.9 Å². The van der Waals surface area contributed by atoms with Crippen LogP contribution >= 0.6 is 15.9 Å². The lowest BCUT2D eigenvalue weighted by molar-refractivity contribution is 0.574. The third-order valence-electron chi connectivity index (χ3n) is 3.97. The van der Waals surface area contributed by atoms with Crippen LogP contribution in [0.5, 0.6) is 0 Å². The third-order valence-corrected chi connectivity index (χ3v) is 4.41. The zero-order valence-corrected chi connectivity index (χ0v) is 13.7. The predicted molar refractivity (Wildman–Crippen MR) is 90.9 cm³/mol. The predicted octanol–water partition coefficient (Wildman–Crippen LogP) is 3.77. The van der Waals surface area contributed by atoms with Gasteiger partial charge in [-0.3, -0.25) is 0 Å². The van der Waals surface area contributed by atoms with E-state index in [0.717, 1.165) is 46.2 Å². The van der Waals surface area contributed by atoms with E-state index in [-0.39, 0.29) is 0 Å². The Hall–Kier alpha value is -1.95. The van der Waals surface area contributed by atoms with Crippen molar-refractivity contribution in [1.29, 1.82) is 0 Å². The van der Waals surface area contributed by atoms with Crippen molar-refractivity contribution in [3.63, 3.8) is 0 Å². The largest absolute Gasteiger partial charge is 0.357 e. The first kappa shape index (κ1) is 13.7. The summed E-state index contributed by atoms with van der Waals surface area (Å²) in [5.74, 6) is 1.77. The number of anilines is 1. The highest BCUT2D eigenvalue weighted by Crippen LogP contribution is 2.23. The van der Waals surface area contributed by atoms with E-state index in [1.807, 2.05) is 18.2 Å². The van der Waals surface area contributed by atoms with E-state index in [1.54, 1.807) is 0 Å². The summed E-state index contributed by atoms with van der Waals surface area (Å²) in [5.41, 5.74) is 2.50. The van der Waals surface area contributed by atoms with Crippen molar-refractivity contribution < 1.29 is 0 Å². The minimum absolute atomic E-state index is 0.750. The van der Waals surface area contributed by atoms with Crippen molar-refractivity contribution in [2.24, 2.45) is 0 Å². The molecule has 1 aliphatic heterocycles. The monoisotopic (exact) mass is 357 g/mol. The Bertz CT molecular complexity index is 807. The van der Waals surface area contributed by atoms with E-state index in [2.05, 4.69) is 47.9 Å². The van der Waals surface area contributed by atoms with Crippen LogP contribution in [0.25, 0.3) is 22.7 Å². The second kappa shape index (κ2) is 5.68. The molecule has 3 aromatic rings. The lowest BCUT2D eigenvalue weighted by atomic mass is 10.1. The summed E-state index contributed by atoms with van der Waals surface area (Å²) in [7, 11) is 0. The number of nitrogens with one attached hydrogen (secondary N) is 1. The maximum absolute atomic E-state index is 4.71. The maximum atomic E-state index is 4.71. The highest BCUT2D eigenvalue weighted by Gasteiger charge is 2.14. The highest BCUT2D eigenvalue weighted by atomic mass is 79.9. The number of nitrogens with zero attached hydrogens (tertiary/aromatic N) is 4. The molecule has 0 unspecified atom stereocenters. The van der Waals surface area contributed by atoms with Crippen LogP contribution in [0.4, 0.5) is 5.82 Å². The molecule has 0 amide bonds. The van der Waals surface area contributed by atoms with Gasteiger partial charge in [0.2, 0.25) is 0 Å². The fraction of sp³-hybridized carbons (Fsp3) is 0.312. The minimum atomic E-state index is 0.750. The number of aromatic nitrogens is 4. The van der Waals surface area contributed by atoms with Crippen LogP contribution in [0.2, 0.25) is 0 Å². The summed E-state index contributed by atoms with van der Waals surface area (Å²) >= 11 is 3.39. The molecule has 5 nitrogen and oxygen atoms in total. The van der Waals surface area contributed by atoms with Crippen LogP contribution in [0, 0.1) is 0 Å². The zero-order chi connectivity index (χ0) is 14.9. The summed E-state index contributed by atoms with van der Waals surface area (Å²) in [4.78, 5) is 19.4. The van der Waals surface area contributed by atoms with Crippen molar-refractivity contribution in [3.05, 3.63) is 34.9 Å². The Morgan fingerprint density at radius 1 is 0.955 bits per heavy atom. The van der Waals surface area contributed by atoms with Crippen LogP contribution in [-0.4, -0.2) is 33.0 Å². The SMILES string of the molecule is Brc1cccc(-c2nc3nc(N4CCCCC4)ccc3[nH]2)n1. The normalized spacial score (nSPS) is 15.4. The van der Waals surface area contributed by atoms with E-state index in [4.69, 9.17) is 4.98 Å². The number of halogens is 1. The van der Waals surface area contributed by atoms with Gasteiger partial charge in [0.15, 0.2) is 11.5 Å². The number of aromatic amines is 1. The summed E-state index contributed by atoms with van der Waals surface area (Å²) in [6.07, 6.45) is 3.81. The van der Waals surface area contributed by atoms with Gasteiger partial charge >= 0.3 is 0 Å². The molecule has 1 saturated heterocycles. The van der Waals surface area contributed by atoms with E-state index in [0.29, 0.717) is 0 Å². The fourth-order valence-corrected chi connectivity index (χ4v) is 3.19. The Balaban J connectivity index is 1.71. The number of hydrogen-bond acceptors (Lipinski definition) is 4. The fourth-order valence-electron chi connectivity index (χ4n) is 2.84. The standard InChI is InChI=1S/C16H16BrN5/c17-13-6-4-5-11(18-13)15-19-12-7-8-14(20-16(12)21-15)22-9-2-1-3-10-22/h4-8H,1-3,9-10H2,(H,19,20,21). The molecule has 0 aliphatic carbocycles. The Morgan fingerprint density at radius 3 is 2.64 bits per heavy atom. The molecule has 0 saturated carbocycles. The summed E-state index contributed by atoms with van der Waals surface area (Å²) < 4.78 is 0.799. The topological polar surface area (TPSA) is 57.7 Å². The van der Waals surface area contributed by atoms with Gasteiger partial charge in [-0.25, -0.2) is 15.0 Å². The van der Waals surface area contributed by atoms with Gasteiger partial charge in [-0.2, -0.15) is 0 Å². The van der Waals surface area contributed by atoms with Crippen LogP contribution in [-0.2, 0) is 0 Å². The van der Waals surface area contributed by atoms with Gasteiger partial charge in [-0.1, -0.05) is 6.07 Å². The average molecular weight is 358 g/mol. The van der Waals surface area contributed by atoms with Gasteiger partial charge < -0.3 is 9.88 Å². The van der Waals surface area contributed by atoms with Gasteiger partial charge in [-0.15, -0.1) is 0 Å². The number of piperidine rings is 1. The molecule has 22 heavy (non-hydrogen) atoms. The van der Waals surface area contributed by atoms with Crippen LogP contribution in [0.3, 0.4) is 0 Å². The Labute approximate surface area is 136 Å². The molecule has 1 N–H and O–H groups in total. The first-order valence-corrected chi connectivity index (χ1v) is 8.33. The molecule has 0 bridgehead atoms. The summed E-state index contributed by atoms with van der Waals surface area (Å²) in [6.45, 7) is 2.17. The van der Waals surface area contributed by atoms with E-state index in [9.17, 15) is 0 Å². The van der Waals surface area contributed by atoms with E-state index < -0.39 is 0 Å². The van der Waals surface area contributed by atoms with Gasteiger partial charge in [-0.05, 0) is 59.5 Å². The Morgan fingerprint density at radius 2 is 1.82 bits per heavy atom. The molecular weight excluding hydrogens is 342 g/mol. The molecule has 0 radical (unpaired) electrons. The molecule has 4 heterocycles. The smallest absolute Gasteiger partial charge is 0.180 e. The molecule has 1 aliphatic rings. The van der Waals surface area contributed by atoms with E-state index in [1.165, 1.54) is 19.3 Å². The number of H-pyrrole nitrogens is 1.